The smallest absolute Gasteiger partial charge is 0.229 e. The summed E-state index contributed by atoms with van der Waals surface area (Å²) in [4.78, 5) is 21.0. The van der Waals surface area contributed by atoms with E-state index in [1.165, 1.54) is 55.2 Å². The number of allylic oxidation sites excluding steroid dienone is 1. The van der Waals surface area contributed by atoms with Crippen molar-refractivity contribution in [3.05, 3.63) is 71.8 Å². The Labute approximate surface area is 225 Å². The SMILES string of the molecule is C=CCN1CCC2CCCC(C1)N2C(C1=CCC(C(=O)N2CCCCCC2)C=C1)c1cccc(CC)c1. The fourth-order valence-electron chi connectivity index (χ4n) is 7.22. The Morgan fingerprint density at radius 3 is 2.59 bits per heavy atom. The minimum absolute atomic E-state index is 0.00353. The number of carbonyl (C=O) groups is 1. The molecule has 3 fully saturated rings. The van der Waals surface area contributed by atoms with E-state index in [2.05, 4.69) is 76.8 Å². The zero-order valence-corrected chi connectivity index (χ0v) is 23.0. The van der Waals surface area contributed by atoms with Gasteiger partial charge in [-0.05, 0) is 61.6 Å². The maximum absolute atomic E-state index is 13.4. The van der Waals surface area contributed by atoms with Crippen LogP contribution in [0.2, 0.25) is 0 Å². The fourth-order valence-corrected chi connectivity index (χ4v) is 7.22. The molecule has 2 bridgehead atoms. The summed E-state index contributed by atoms with van der Waals surface area (Å²) in [7, 11) is 0. The van der Waals surface area contributed by atoms with Gasteiger partial charge in [-0.2, -0.15) is 0 Å². The van der Waals surface area contributed by atoms with E-state index in [0.29, 0.717) is 18.0 Å². The molecule has 3 saturated heterocycles. The van der Waals surface area contributed by atoms with Crippen LogP contribution in [0.25, 0.3) is 0 Å². The molecule has 4 atom stereocenters. The van der Waals surface area contributed by atoms with Gasteiger partial charge in [0.05, 0.1) is 12.0 Å². The monoisotopic (exact) mass is 501 g/mol. The number of fused-ring (bicyclic) bond motifs is 2. The van der Waals surface area contributed by atoms with Gasteiger partial charge in [0, 0.05) is 44.8 Å². The van der Waals surface area contributed by atoms with E-state index in [0.717, 1.165) is 58.4 Å². The van der Waals surface area contributed by atoms with Crippen LogP contribution in [0.3, 0.4) is 0 Å². The third-order valence-corrected chi connectivity index (χ3v) is 9.21. The highest BCUT2D eigenvalue weighted by Crippen LogP contribution is 2.42. The Balaban J connectivity index is 1.43. The Hall–Kier alpha value is -2.17. The molecule has 3 aliphatic heterocycles. The maximum Gasteiger partial charge on any atom is 0.229 e. The number of aryl methyl sites for hydroxylation is 1. The molecule has 0 N–H and O–H groups in total. The molecule has 4 nitrogen and oxygen atoms in total. The van der Waals surface area contributed by atoms with Gasteiger partial charge in [0.2, 0.25) is 5.91 Å². The van der Waals surface area contributed by atoms with Gasteiger partial charge in [0.1, 0.15) is 0 Å². The van der Waals surface area contributed by atoms with Gasteiger partial charge in [-0.25, -0.2) is 0 Å². The van der Waals surface area contributed by atoms with E-state index in [1.807, 2.05) is 0 Å². The summed E-state index contributed by atoms with van der Waals surface area (Å²) in [6.07, 6.45) is 20.8. The molecule has 1 aromatic rings. The topological polar surface area (TPSA) is 26.8 Å². The third-order valence-electron chi connectivity index (χ3n) is 9.21. The summed E-state index contributed by atoms with van der Waals surface area (Å²) in [6.45, 7) is 11.4. The fraction of sp³-hybridized carbons (Fsp3) is 0.606. The van der Waals surface area contributed by atoms with Crippen molar-refractivity contribution in [3.63, 3.8) is 0 Å². The van der Waals surface area contributed by atoms with Gasteiger partial charge >= 0.3 is 0 Å². The van der Waals surface area contributed by atoms with Crippen LogP contribution in [0.5, 0.6) is 0 Å². The van der Waals surface area contributed by atoms with Crippen LogP contribution in [0.4, 0.5) is 0 Å². The van der Waals surface area contributed by atoms with Crippen LogP contribution < -0.4 is 0 Å². The second-order valence-electron chi connectivity index (χ2n) is 11.7. The highest BCUT2D eigenvalue weighted by molar-refractivity contribution is 5.81. The van der Waals surface area contributed by atoms with Crippen LogP contribution in [-0.4, -0.2) is 65.4 Å². The summed E-state index contributed by atoms with van der Waals surface area (Å²) in [5, 5.41) is 0. The first-order valence-corrected chi connectivity index (χ1v) is 15.0. The van der Waals surface area contributed by atoms with Crippen molar-refractivity contribution in [1.82, 2.24) is 14.7 Å². The van der Waals surface area contributed by atoms with Crippen LogP contribution in [0.1, 0.15) is 81.9 Å². The molecule has 4 aliphatic rings. The molecule has 0 saturated carbocycles. The lowest BCUT2D eigenvalue weighted by molar-refractivity contribution is -0.133. The van der Waals surface area contributed by atoms with Crippen molar-refractivity contribution < 1.29 is 4.79 Å². The predicted octanol–water partition coefficient (Wildman–Crippen LogP) is 6.31. The molecule has 0 radical (unpaired) electrons. The molecule has 0 spiro atoms. The Bertz CT molecular complexity index is 989. The lowest BCUT2D eigenvalue weighted by Gasteiger charge is -2.47. The van der Waals surface area contributed by atoms with Gasteiger partial charge in [-0.3, -0.25) is 14.6 Å². The van der Waals surface area contributed by atoms with Crippen LogP contribution >= 0.6 is 0 Å². The molecule has 0 aromatic heterocycles. The van der Waals surface area contributed by atoms with E-state index >= 15 is 0 Å². The van der Waals surface area contributed by atoms with Crippen molar-refractivity contribution in [2.24, 2.45) is 5.92 Å². The highest BCUT2D eigenvalue weighted by Gasteiger charge is 2.40. The third kappa shape index (κ3) is 6.12. The first kappa shape index (κ1) is 26.4. The number of nitrogens with zero attached hydrogens (tertiary/aromatic N) is 3. The number of benzene rings is 1. The lowest BCUT2D eigenvalue weighted by atomic mass is 9.84. The van der Waals surface area contributed by atoms with Crippen molar-refractivity contribution >= 4 is 5.91 Å². The molecule has 4 unspecified atom stereocenters. The highest BCUT2D eigenvalue weighted by atomic mass is 16.2. The molecule has 3 heterocycles. The number of hydrogen-bond donors (Lipinski definition) is 0. The normalized spacial score (nSPS) is 28.2. The van der Waals surface area contributed by atoms with Gasteiger partial charge in [0.15, 0.2) is 0 Å². The van der Waals surface area contributed by atoms with Crippen molar-refractivity contribution in [3.8, 4) is 0 Å². The van der Waals surface area contributed by atoms with Crippen molar-refractivity contribution in [2.45, 2.75) is 89.3 Å². The molecule has 1 aromatic carbocycles. The zero-order valence-electron chi connectivity index (χ0n) is 23.0. The summed E-state index contributed by atoms with van der Waals surface area (Å²) in [5.41, 5.74) is 4.22. The van der Waals surface area contributed by atoms with E-state index in [4.69, 9.17) is 0 Å². The Morgan fingerprint density at radius 1 is 1.05 bits per heavy atom. The number of hydrogen-bond acceptors (Lipinski definition) is 3. The summed E-state index contributed by atoms with van der Waals surface area (Å²) in [6, 6.07) is 10.7. The molecule has 5 rings (SSSR count). The quantitative estimate of drug-likeness (QED) is 0.410. The van der Waals surface area contributed by atoms with Crippen LogP contribution in [0.15, 0.2) is 60.7 Å². The summed E-state index contributed by atoms with van der Waals surface area (Å²) < 4.78 is 0. The van der Waals surface area contributed by atoms with Crippen LogP contribution in [-0.2, 0) is 11.2 Å². The maximum atomic E-state index is 13.4. The van der Waals surface area contributed by atoms with Crippen molar-refractivity contribution in [2.75, 3.05) is 32.7 Å². The predicted molar refractivity (Wildman–Crippen MR) is 153 cm³/mol. The van der Waals surface area contributed by atoms with E-state index in [1.54, 1.807) is 0 Å². The van der Waals surface area contributed by atoms with Crippen LogP contribution in [0, 0.1) is 5.92 Å². The van der Waals surface area contributed by atoms with Crippen molar-refractivity contribution in [1.29, 1.82) is 0 Å². The second kappa shape index (κ2) is 12.6. The molecule has 4 heteroatoms. The lowest BCUT2D eigenvalue weighted by Crippen LogP contribution is -2.50. The first-order valence-electron chi connectivity index (χ1n) is 15.0. The summed E-state index contributed by atoms with van der Waals surface area (Å²) >= 11 is 0. The Morgan fingerprint density at radius 2 is 1.86 bits per heavy atom. The first-order chi connectivity index (χ1) is 18.2. The number of carbonyl (C=O) groups excluding carboxylic acids is 1. The van der Waals surface area contributed by atoms with Gasteiger partial charge < -0.3 is 4.90 Å². The van der Waals surface area contributed by atoms with Gasteiger partial charge in [-0.1, -0.05) is 74.8 Å². The van der Waals surface area contributed by atoms with Gasteiger partial charge in [-0.15, -0.1) is 6.58 Å². The number of rotatable bonds is 7. The standard InChI is InChI=1S/C33H47N3O/c1-3-20-34-23-19-30-13-10-14-31(25-34)36(30)32(29-12-9-11-26(4-2)24-29)27-15-17-28(18-16-27)33(37)35-21-7-5-6-8-22-35/h3,9,11-12,15-17,24,28,30-32H,1,4-8,10,13-14,18-23,25H2,2H3. The minimum Gasteiger partial charge on any atom is -0.342 e. The Kier molecular flexibility index (Phi) is 8.99. The van der Waals surface area contributed by atoms with E-state index in [-0.39, 0.29) is 12.0 Å². The average molecular weight is 502 g/mol. The molecule has 1 amide bonds. The van der Waals surface area contributed by atoms with E-state index < -0.39 is 0 Å². The molecular formula is C33H47N3O. The molecule has 1 aliphatic carbocycles. The molecule has 200 valence electrons. The number of amides is 1. The molecule has 37 heavy (non-hydrogen) atoms. The second-order valence-corrected chi connectivity index (χ2v) is 11.7. The van der Waals surface area contributed by atoms with Gasteiger partial charge in [0.25, 0.3) is 0 Å². The zero-order chi connectivity index (χ0) is 25.6. The largest absolute Gasteiger partial charge is 0.342 e. The minimum atomic E-state index is -0.00353. The summed E-state index contributed by atoms with van der Waals surface area (Å²) in [5.74, 6) is 0.334. The van der Waals surface area contributed by atoms with E-state index in [9.17, 15) is 4.79 Å². The number of likely N-dealkylation sites (tertiary alicyclic amines) is 1. The molecular weight excluding hydrogens is 454 g/mol. The average Bonchev–Trinajstić information content (AvgIpc) is 3.26. The number of piperidine rings is 1.